The summed E-state index contributed by atoms with van der Waals surface area (Å²) in [5.41, 5.74) is 0.897. The van der Waals surface area contributed by atoms with E-state index in [1.165, 1.54) is 4.90 Å². The van der Waals surface area contributed by atoms with Crippen LogP contribution in [0.3, 0.4) is 0 Å². The van der Waals surface area contributed by atoms with E-state index in [2.05, 4.69) is 0 Å². The monoisotopic (exact) mass is 331 g/mol. The lowest BCUT2D eigenvalue weighted by atomic mass is 10.2. The molecule has 1 aliphatic heterocycles. The molecule has 1 fully saturated rings. The molecule has 0 radical (unpaired) electrons. The molecule has 5 nitrogen and oxygen atoms in total. The molecule has 1 atom stereocenters. The van der Waals surface area contributed by atoms with Crippen molar-refractivity contribution in [3.63, 3.8) is 0 Å². The molecular weight excluding hydrogens is 314 g/mol. The fourth-order valence-electron chi connectivity index (χ4n) is 2.29. The first-order valence-corrected chi connectivity index (χ1v) is 9.10. The molecule has 1 unspecified atom stereocenters. The van der Waals surface area contributed by atoms with E-state index in [4.69, 9.17) is 15.4 Å². The Morgan fingerprint density at radius 3 is 2.71 bits per heavy atom. The number of hydrogen-bond acceptors (Lipinski definition) is 4. The summed E-state index contributed by atoms with van der Waals surface area (Å²) in [5, 5.41) is -0.818. The van der Waals surface area contributed by atoms with Crippen molar-refractivity contribution < 1.29 is 17.9 Å². The van der Waals surface area contributed by atoms with Gasteiger partial charge in [-0.25, -0.2) is 8.42 Å². The minimum absolute atomic E-state index is 0.0476. The van der Waals surface area contributed by atoms with Gasteiger partial charge in [-0.2, -0.15) is 0 Å². The van der Waals surface area contributed by atoms with Gasteiger partial charge in [-0.15, -0.1) is 0 Å². The molecular formula is C14H18ClNO4S. The van der Waals surface area contributed by atoms with Gasteiger partial charge in [0.15, 0.2) is 0 Å². The van der Waals surface area contributed by atoms with Crippen LogP contribution in [0.25, 0.3) is 0 Å². The number of carbonyl (C=O) groups excluding carboxylic acids is 1. The summed E-state index contributed by atoms with van der Waals surface area (Å²) in [7, 11) is 1.63. The zero-order valence-electron chi connectivity index (χ0n) is 12.0. The van der Waals surface area contributed by atoms with Crippen LogP contribution in [0, 0.1) is 0 Å². The van der Waals surface area contributed by atoms with Crippen LogP contribution in [0.2, 0.25) is 0 Å². The molecule has 1 aromatic carbocycles. The Hall–Kier alpha value is -1.27. The van der Waals surface area contributed by atoms with Crippen LogP contribution in [0.15, 0.2) is 24.3 Å². The van der Waals surface area contributed by atoms with Gasteiger partial charge in [-0.1, -0.05) is 12.1 Å². The molecule has 1 aromatic rings. The zero-order chi connectivity index (χ0) is 15.6. The second-order valence-corrected chi connectivity index (χ2v) is 8.30. The topological polar surface area (TPSA) is 63.7 Å². The number of hydrogen-bond donors (Lipinski definition) is 0. The van der Waals surface area contributed by atoms with E-state index < -0.39 is 14.3 Å². The summed E-state index contributed by atoms with van der Waals surface area (Å²) in [5.74, 6) is 0.537. The van der Waals surface area contributed by atoms with E-state index in [1.807, 2.05) is 38.1 Å². The van der Waals surface area contributed by atoms with Gasteiger partial charge in [0.2, 0.25) is 15.0 Å². The molecule has 116 valence electrons. The first-order chi connectivity index (χ1) is 9.75. The van der Waals surface area contributed by atoms with Crippen molar-refractivity contribution >= 4 is 25.6 Å². The molecule has 1 saturated heterocycles. The standard InChI is InChI=1S/C14H18ClNO4S/c1-10(2)20-12-5-3-4-11(6-12)8-16-9-13(7-14(16)17)21(15,18)19/h3-6,10,13H,7-9H2,1-2H3. The summed E-state index contributed by atoms with van der Waals surface area (Å²) in [4.78, 5) is 13.4. The van der Waals surface area contributed by atoms with Crippen LogP contribution in [0.1, 0.15) is 25.8 Å². The molecule has 2 rings (SSSR count). The van der Waals surface area contributed by atoms with Gasteiger partial charge >= 0.3 is 0 Å². The number of carbonyl (C=O) groups is 1. The van der Waals surface area contributed by atoms with E-state index in [0.717, 1.165) is 11.3 Å². The van der Waals surface area contributed by atoms with Crippen LogP contribution in [-0.4, -0.2) is 37.1 Å². The third-order valence-electron chi connectivity index (χ3n) is 3.22. The molecule has 1 aliphatic rings. The van der Waals surface area contributed by atoms with E-state index in [9.17, 15) is 13.2 Å². The van der Waals surface area contributed by atoms with E-state index in [-0.39, 0.29) is 25.0 Å². The van der Waals surface area contributed by atoms with Crippen molar-refractivity contribution in [2.45, 2.75) is 38.2 Å². The number of likely N-dealkylation sites (tertiary alicyclic amines) is 1. The average molecular weight is 332 g/mol. The number of benzene rings is 1. The van der Waals surface area contributed by atoms with Gasteiger partial charge < -0.3 is 9.64 Å². The minimum Gasteiger partial charge on any atom is -0.491 e. The molecule has 0 spiro atoms. The summed E-state index contributed by atoms with van der Waals surface area (Å²) in [6.45, 7) is 4.37. The molecule has 0 aliphatic carbocycles. The molecule has 1 heterocycles. The third-order valence-corrected chi connectivity index (χ3v) is 5.09. The highest BCUT2D eigenvalue weighted by Gasteiger charge is 2.37. The van der Waals surface area contributed by atoms with Crippen LogP contribution in [0.4, 0.5) is 0 Å². The molecule has 21 heavy (non-hydrogen) atoms. The predicted molar refractivity (Wildman–Crippen MR) is 80.8 cm³/mol. The van der Waals surface area contributed by atoms with Crippen molar-refractivity contribution in [1.29, 1.82) is 0 Å². The fraction of sp³-hybridized carbons (Fsp3) is 0.500. The number of amides is 1. The highest BCUT2D eigenvalue weighted by molar-refractivity contribution is 8.14. The molecule has 0 aromatic heterocycles. The van der Waals surface area contributed by atoms with Gasteiger partial charge in [0.05, 0.1) is 6.10 Å². The Bertz CT molecular complexity index is 630. The van der Waals surface area contributed by atoms with Crippen molar-refractivity contribution in [2.75, 3.05) is 6.54 Å². The lowest BCUT2D eigenvalue weighted by Gasteiger charge is -2.17. The maximum atomic E-state index is 11.9. The number of ether oxygens (including phenoxy) is 1. The summed E-state index contributed by atoms with van der Waals surface area (Å²) < 4.78 is 28.2. The highest BCUT2D eigenvalue weighted by Crippen LogP contribution is 2.24. The number of rotatable bonds is 5. The van der Waals surface area contributed by atoms with Crippen molar-refractivity contribution in [3.8, 4) is 5.75 Å². The number of nitrogens with zero attached hydrogens (tertiary/aromatic N) is 1. The Morgan fingerprint density at radius 2 is 2.14 bits per heavy atom. The SMILES string of the molecule is CC(C)Oc1cccc(CN2CC(S(=O)(=O)Cl)CC2=O)c1. The second kappa shape index (κ2) is 6.23. The summed E-state index contributed by atoms with van der Waals surface area (Å²) in [6, 6.07) is 7.43. The van der Waals surface area contributed by atoms with Gasteiger partial charge in [0.25, 0.3) is 0 Å². The molecule has 0 saturated carbocycles. The average Bonchev–Trinajstić information content (AvgIpc) is 2.70. The minimum atomic E-state index is -3.70. The maximum Gasteiger partial charge on any atom is 0.237 e. The second-order valence-electron chi connectivity index (χ2n) is 5.39. The largest absolute Gasteiger partial charge is 0.491 e. The normalized spacial score (nSPS) is 19.3. The van der Waals surface area contributed by atoms with Crippen LogP contribution >= 0.6 is 10.7 Å². The van der Waals surface area contributed by atoms with Crippen molar-refractivity contribution in [3.05, 3.63) is 29.8 Å². The van der Waals surface area contributed by atoms with E-state index in [0.29, 0.717) is 6.54 Å². The molecule has 0 bridgehead atoms. The van der Waals surface area contributed by atoms with E-state index in [1.54, 1.807) is 0 Å². The van der Waals surface area contributed by atoms with Gasteiger partial charge in [-0.3, -0.25) is 4.79 Å². The predicted octanol–water partition coefficient (Wildman–Crippen LogP) is 2.14. The summed E-state index contributed by atoms with van der Waals surface area (Å²) in [6.07, 6.45) is 0.0213. The van der Waals surface area contributed by atoms with Crippen molar-refractivity contribution in [1.82, 2.24) is 4.90 Å². The Balaban J connectivity index is 2.07. The lowest BCUT2D eigenvalue weighted by Crippen LogP contribution is -2.26. The van der Waals surface area contributed by atoms with Crippen LogP contribution in [0.5, 0.6) is 5.75 Å². The lowest BCUT2D eigenvalue weighted by molar-refractivity contribution is -0.128. The van der Waals surface area contributed by atoms with Crippen LogP contribution < -0.4 is 4.74 Å². The van der Waals surface area contributed by atoms with Crippen molar-refractivity contribution in [2.24, 2.45) is 0 Å². The third kappa shape index (κ3) is 4.35. The Kier molecular flexibility index (Phi) is 4.78. The Labute approximate surface area is 129 Å². The molecule has 0 N–H and O–H groups in total. The smallest absolute Gasteiger partial charge is 0.237 e. The van der Waals surface area contributed by atoms with Gasteiger partial charge in [0, 0.05) is 30.2 Å². The van der Waals surface area contributed by atoms with Crippen LogP contribution in [-0.2, 0) is 20.4 Å². The first kappa shape index (κ1) is 16.1. The number of halogens is 1. The van der Waals surface area contributed by atoms with Gasteiger partial charge in [-0.05, 0) is 31.5 Å². The molecule has 1 amide bonds. The fourth-order valence-corrected chi connectivity index (χ4v) is 3.34. The first-order valence-electron chi connectivity index (χ1n) is 6.72. The Morgan fingerprint density at radius 1 is 1.43 bits per heavy atom. The maximum absolute atomic E-state index is 11.9. The highest BCUT2D eigenvalue weighted by atomic mass is 35.7. The molecule has 7 heteroatoms. The quantitative estimate of drug-likeness (QED) is 0.775. The summed E-state index contributed by atoms with van der Waals surface area (Å²) >= 11 is 0. The van der Waals surface area contributed by atoms with Gasteiger partial charge in [0.1, 0.15) is 11.0 Å². The van der Waals surface area contributed by atoms with E-state index >= 15 is 0 Å². The zero-order valence-corrected chi connectivity index (χ0v) is 13.5.